The van der Waals surface area contributed by atoms with Crippen molar-refractivity contribution in [3.63, 3.8) is 0 Å². The SMILES string of the molecule is COCCNCCNC(=O)c1csc(-c2ccccc2)n1.Cl.Cl. The van der Waals surface area contributed by atoms with E-state index in [4.69, 9.17) is 4.74 Å². The van der Waals surface area contributed by atoms with Crippen LogP contribution < -0.4 is 10.6 Å². The van der Waals surface area contributed by atoms with Gasteiger partial charge in [-0.05, 0) is 0 Å². The third-order valence-electron chi connectivity index (χ3n) is 2.83. The van der Waals surface area contributed by atoms with Gasteiger partial charge in [0.25, 0.3) is 5.91 Å². The molecule has 0 spiro atoms. The van der Waals surface area contributed by atoms with Crippen LogP contribution in [0.25, 0.3) is 10.6 Å². The van der Waals surface area contributed by atoms with Crippen molar-refractivity contribution < 1.29 is 9.53 Å². The number of nitrogens with one attached hydrogen (secondary N) is 2. The fraction of sp³-hybridized carbons (Fsp3) is 0.333. The molecule has 0 aliphatic carbocycles. The van der Waals surface area contributed by atoms with Crippen molar-refractivity contribution in [3.05, 3.63) is 41.4 Å². The maximum absolute atomic E-state index is 12.0. The molecule has 0 fully saturated rings. The summed E-state index contributed by atoms with van der Waals surface area (Å²) < 4.78 is 4.93. The van der Waals surface area contributed by atoms with Crippen LogP contribution >= 0.6 is 36.2 Å². The molecule has 1 amide bonds. The highest BCUT2D eigenvalue weighted by molar-refractivity contribution is 7.13. The maximum atomic E-state index is 12.0. The first-order valence-corrected chi connectivity index (χ1v) is 7.68. The number of benzene rings is 1. The number of amides is 1. The summed E-state index contributed by atoms with van der Waals surface area (Å²) in [5.41, 5.74) is 1.50. The zero-order valence-electron chi connectivity index (χ0n) is 12.8. The van der Waals surface area contributed by atoms with Gasteiger partial charge < -0.3 is 15.4 Å². The van der Waals surface area contributed by atoms with E-state index < -0.39 is 0 Å². The van der Waals surface area contributed by atoms with E-state index in [2.05, 4.69) is 15.6 Å². The Morgan fingerprint density at radius 3 is 2.61 bits per heavy atom. The molecule has 2 aromatic rings. The molecule has 8 heteroatoms. The Labute approximate surface area is 152 Å². The Morgan fingerprint density at radius 2 is 1.91 bits per heavy atom. The molecule has 128 valence electrons. The molecule has 2 rings (SSSR count). The van der Waals surface area contributed by atoms with Gasteiger partial charge in [-0.1, -0.05) is 30.3 Å². The molecule has 0 bridgehead atoms. The highest BCUT2D eigenvalue weighted by atomic mass is 35.5. The first-order valence-electron chi connectivity index (χ1n) is 6.80. The van der Waals surface area contributed by atoms with Crippen LogP contribution in [0.2, 0.25) is 0 Å². The number of methoxy groups -OCH3 is 1. The smallest absolute Gasteiger partial charge is 0.270 e. The fourth-order valence-corrected chi connectivity index (χ4v) is 2.55. The van der Waals surface area contributed by atoms with Gasteiger partial charge in [0.05, 0.1) is 6.61 Å². The van der Waals surface area contributed by atoms with Crippen molar-refractivity contribution in [1.29, 1.82) is 0 Å². The van der Waals surface area contributed by atoms with Gasteiger partial charge in [0.2, 0.25) is 0 Å². The molecule has 0 aliphatic rings. The third kappa shape index (κ3) is 7.28. The molecular formula is C15H21Cl2N3O2S. The summed E-state index contributed by atoms with van der Waals surface area (Å²) in [7, 11) is 1.66. The molecule has 0 aliphatic heterocycles. The van der Waals surface area contributed by atoms with Gasteiger partial charge in [-0.15, -0.1) is 36.2 Å². The first kappa shape index (κ1) is 21.8. The fourth-order valence-electron chi connectivity index (χ4n) is 1.75. The monoisotopic (exact) mass is 377 g/mol. The average Bonchev–Trinajstić information content (AvgIpc) is 3.01. The molecule has 0 atom stereocenters. The van der Waals surface area contributed by atoms with Crippen LogP contribution in [-0.4, -0.2) is 44.2 Å². The highest BCUT2D eigenvalue weighted by Crippen LogP contribution is 2.23. The summed E-state index contributed by atoms with van der Waals surface area (Å²) in [6.45, 7) is 2.73. The van der Waals surface area contributed by atoms with Gasteiger partial charge in [-0.2, -0.15) is 0 Å². The van der Waals surface area contributed by atoms with E-state index in [9.17, 15) is 4.79 Å². The average molecular weight is 378 g/mol. The Morgan fingerprint density at radius 1 is 1.17 bits per heavy atom. The van der Waals surface area contributed by atoms with Crippen LogP contribution in [0.15, 0.2) is 35.7 Å². The first-order chi connectivity index (χ1) is 10.3. The van der Waals surface area contributed by atoms with Gasteiger partial charge in [-0.25, -0.2) is 4.98 Å². The molecule has 0 unspecified atom stereocenters. The van der Waals surface area contributed by atoms with E-state index in [1.807, 2.05) is 30.3 Å². The van der Waals surface area contributed by atoms with Crippen molar-refractivity contribution in [3.8, 4) is 10.6 Å². The summed E-state index contributed by atoms with van der Waals surface area (Å²) in [6.07, 6.45) is 0. The minimum atomic E-state index is -0.137. The minimum Gasteiger partial charge on any atom is -0.383 e. The lowest BCUT2D eigenvalue weighted by Crippen LogP contribution is -2.33. The van der Waals surface area contributed by atoms with Crippen LogP contribution in [-0.2, 0) is 4.74 Å². The molecule has 1 heterocycles. The van der Waals surface area contributed by atoms with Crippen LogP contribution in [0.4, 0.5) is 0 Å². The van der Waals surface area contributed by atoms with Gasteiger partial charge in [0.1, 0.15) is 10.7 Å². The quantitative estimate of drug-likeness (QED) is 0.694. The number of rotatable bonds is 8. The van der Waals surface area contributed by atoms with E-state index in [0.717, 1.165) is 17.1 Å². The van der Waals surface area contributed by atoms with E-state index in [1.54, 1.807) is 12.5 Å². The largest absolute Gasteiger partial charge is 0.383 e. The summed E-state index contributed by atoms with van der Waals surface area (Å²) in [5.74, 6) is -0.137. The predicted molar refractivity (Wildman–Crippen MR) is 99.1 cm³/mol. The summed E-state index contributed by atoms with van der Waals surface area (Å²) >= 11 is 1.48. The van der Waals surface area contributed by atoms with Crippen LogP contribution in [0, 0.1) is 0 Å². The minimum absolute atomic E-state index is 0. The maximum Gasteiger partial charge on any atom is 0.270 e. The number of ether oxygens (including phenoxy) is 1. The topological polar surface area (TPSA) is 63.2 Å². The van der Waals surface area contributed by atoms with E-state index >= 15 is 0 Å². The number of thiazole rings is 1. The van der Waals surface area contributed by atoms with Gasteiger partial charge in [0.15, 0.2) is 0 Å². The molecule has 23 heavy (non-hydrogen) atoms. The second-order valence-corrected chi connectivity index (χ2v) is 5.26. The van der Waals surface area contributed by atoms with Crippen LogP contribution in [0.5, 0.6) is 0 Å². The number of hydrogen-bond donors (Lipinski definition) is 2. The highest BCUT2D eigenvalue weighted by Gasteiger charge is 2.10. The Kier molecular flexibility index (Phi) is 11.6. The number of carbonyl (C=O) groups excluding carboxylic acids is 1. The number of carbonyl (C=O) groups is 1. The lowest BCUT2D eigenvalue weighted by molar-refractivity contribution is 0.0949. The molecule has 0 saturated heterocycles. The lowest BCUT2D eigenvalue weighted by Gasteiger charge is -2.05. The van der Waals surface area contributed by atoms with Gasteiger partial charge >= 0.3 is 0 Å². The molecule has 0 saturated carbocycles. The second-order valence-electron chi connectivity index (χ2n) is 4.40. The molecular weight excluding hydrogens is 357 g/mol. The van der Waals surface area contributed by atoms with Gasteiger partial charge in [0, 0.05) is 37.7 Å². The van der Waals surface area contributed by atoms with E-state index in [-0.39, 0.29) is 30.7 Å². The summed E-state index contributed by atoms with van der Waals surface area (Å²) in [4.78, 5) is 16.3. The third-order valence-corrected chi connectivity index (χ3v) is 3.72. The lowest BCUT2D eigenvalue weighted by atomic mass is 10.2. The number of halogens is 2. The Balaban J connectivity index is 0.00000242. The summed E-state index contributed by atoms with van der Waals surface area (Å²) in [5, 5.41) is 8.66. The standard InChI is InChI=1S/C15H19N3O2S.2ClH/c1-20-10-9-16-7-8-17-14(19)13-11-21-15(18-13)12-5-3-2-4-6-12;;/h2-6,11,16H,7-10H2,1H3,(H,17,19);2*1H. The van der Waals surface area contributed by atoms with Crippen molar-refractivity contribution in [2.75, 3.05) is 33.4 Å². The van der Waals surface area contributed by atoms with Crippen molar-refractivity contribution in [1.82, 2.24) is 15.6 Å². The number of aromatic nitrogens is 1. The zero-order valence-corrected chi connectivity index (χ0v) is 15.2. The number of hydrogen-bond acceptors (Lipinski definition) is 5. The molecule has 0 radical (unpaired) electrons. The second kappa shape index (κ2) is 12.3. The zero-order chi connectivity index (χ0) is 14.9. The molecule has 2 N–H and O–H groups in total. The summed E-state index contributed by atoms with van der Waals surface area (Å²) in [6, 6.07) is 9.85. The Hall–Kier alpha value is -1.18. The van der Waals surface area contributed by atoms with Crippen LogP contribution in [0.3, 0.4) is 0 Å². The Bertz CT molecular complexity index is 567. The van der Waals surface area contributed by atoms with E-state index in [0.29, 0.717) is 25.4 Å². The molecule has 5 nitrogen and oxygen atoms in total. The van der Waals surface area contributed by atoms with E-state index in [1.165, 1.54) is 11.3 Å². The van der Waals surface area contributed by atoms with Crippen molar-refractivity contribution >= 4 is 42.1 Å². The molecule has 1 aromatic heterocycles. The van der Waals surface area contributed by atoms with Crippen LogP contribution in [0.1, 0.15) is 10.5 Å². The van der Waals surface area contributed by atoms with Crippen molar-refractivity contribution in [2.24, 2.45) is 0 Å². The number of nitrogens with zero attached hydrogens (tertiary/aromatic N) is 1. The van der Waals surface area contributed by atoms with Gasteiger partial charge in [-0.3, -0.25) is 4.79 Å². The van der Waals surface area contributed by atoms with Crippen molar-refractivity contribution in [2.45, 2.75) is 0 Å². The molecule has 1 aromatic carbocycles. The predicted octanol–water partition coefficient (Wildman–Crippen LogP) is 2.62. The normalized spacial score (nSPS) is 9.61.